The summed E-state index contributed by atoms with van der Waals surface area (Å²) in [5.41, 5.74) is 0. The van der Waals surface area contributed by atoms with Crippen molar-refractivity contribution in [3.8, 4) is 0 Å². The molecule has 2 saturated heterocycles. The Morgan fingerprint density at radius 3 is 1.62 bits per heavy atom. The van der Waals surface area contributed by atoms with E-state index in [0.29, 0.717) is 0 Å². The highest BCUT2D eigenvalue weighted by molar-refractivity contribution is 4.98. The van der Waals surface area contributed by atoms with E-state index in [1.54, 1.807) is 6.08 Å². The van der Waals surface area contributed by atoms with E-state index in [9.17, 15) is 0 Å². The minimum atomic E-state index is 1.00. The lowest BCUT2D eigenvalue weighted by atomic mass is 10.2. The Balaban J connectivity index is 0.000000293. The Morgan fingerprint density at radius 1 is 0.810 bits per heavy atom. The van der Waals surface area contributed by atoms with Gasteiger partial charge in [0.15, 0.2) is 0 Å². The number of hydrogen-bond acceptors (Lipinski definition) is 3. The zero-order chi connectivity index (χ0) is 15.4. The molecule has 2 fully saturated rings. The fraction of sp³-hybridized carbons (Fsp3) is 0.778. The molecule has 0 unspecified atom stereocenters. The predicted molar refractivity (Wildman–Crippen MR) is 89.8 cm³/mol. The third kappa shape index (κ3) is 19.2. The van der Waals surface area contributed by atoms with Crippen molar-refractivity contribution in [2.45, 2.75) is 64.7 Å². The molecule has 0 amide bonds. The number of allylic oxidation sites excluding steroid dienone is 3. The molecule has 21 heavy (non-hydrogen) atoms. The highest BCUT2D eigenvalue weighted by atomic mass is 16.5. The van der Waals surface area contributed by atoms with Crippen molar-refractivity contribution in [2.24, 2.45) is 0 Å². The summed E-state index contributed by atoms with van der Waals surface area (Å²) in [7, 11) is 0. The van der Waals surface area contributed by atoms with E-state index in [1.165, 1.54) is 51.4 Å². The molecule has 2 heterocycles. The van der Waals surface area contributed by atoms with Crippen molar-refractivity contribution in [3.63, 3.8) is 0 Å². The number of aliphatic hydroxyl groups is 1. The first-order valence-corrected chi connectivity index (χ1v) is 8.53. The largest absolute Gasteiger partial charge is 0.516 e. The Labute approximate surface area is 131 Å². The summed E-state index contributed by atoms with van der Waals surface area (Å²) in [5.74, 6) is 0. The average molecular weight is 298 g/mol. The lowest BCUT2D eigenvalue weighted by Gasteiger charge is -2.08. The van der Waals surface area contributed by atoms with Gasteiger partial charge < -0.3 is 14.6 Å². The van der Waals surface area contributed by atoms with Crippen LogP contribution < -0.4 is 0 Å². The average Bonchev–Trinajstić information content (AvgIpc) is 2.59. The van der Waals surface area contributed by atoms with Crippen molar-refractivity contribution in [1.29, 1.82) is 0 Å². The van der Waals surface area contributed by atoms with Crippen molar-refractivity contribution >= 4 is 0 Å². The second kappa shape index (κ2) is 19.2. The zero-order valence-electron chi connectivity index (χ0n) is 13.8. The molecule has 0 radical (unpaired) electrons. The summed E-state index contributed by atoms with van der Waals surface area (Å²) < 4.78 is 10.1. The quantitative estimate of drug-likeness (QED) is 0.441. The standard InChI is InChI=1S/C8H14O.2C5H10O/c1-2-3-4-5-6-7-8-9;2*1-2-4-6-5-3-1/h5-9H,2-4H2,1H3;2*1-5H2/b6-5+,8-7+;;. The third-order valence-corrected chi connectivity index (χ3v) is 3.21. The number of rotatable bonds is 4. The highest BCUT2D eigenvalue weighted by Crippen LogP contribution is 2.02. The van der Waals surface area contributed by atoms with E-state index in [4.69, 9.17) is 14.6 Å². The lowest BCUT2D eigenvalue weighted by molar-refractivity contribution is 0.0967. The van der Waals surface area contributed by atoms with Crippen LogP contribution in [0.25, 0.3) is 0 Å². The number of unbranched alkanes of at least 4 members (excludes halogenated alkanes) is 2. The van der Waals surface area contributed by atoms with Crippen LogP contribution in [0.5, 0.6) is 0 Å². The van der Waals surface area contributed by atoms with Crippen LogP contribution in [-0.4, -0.2) is 31.5 Å². The second-order valence-electron chi connectivity index (χ2n) is 5.26. The predicted octanol–water partition coefficient (Wildman–Crippen LogP) is 5.18. The monoisotopic (exact) mass is 298 g/mol. The normalized spacial score (nSPS) is 18.7. The van der Waals surface area contributed by atoms with Gasteiger partial charge in [-0.15, -0.1) is 0 Å². The summed E-state index contributed by atoms with van der Waals surface area (Å²) in [6, 6.07) is 0. The van der Waals surface area contributed by atoms with E-state index < -0.39 is 0 Å². The van der Waals surface area contributed by atoms with Crippen LogP contribution in [0, 0.1) is 0 Å². The minimum absolute atomic E-state index is 1.00. The zero-order valence-corrected chi connectivity index (χ0v) is 13.8. The van der Waals surface area contributed by atoms with Crippen LogP contribution in [0.15, 0.2) is 24.5 Å². The minimum Gasteiger partial charge on any atom is -0.516 e. The van der Waals surface area contributed by atoms with Crippen LogP contribution in [0.4, 0.5) is 0 Å². The molecule has 3 heteroatoms. The van der Waals surface area contributed by atoms with Crippen molar-refractivity contribution in [2.75, 3.05) is 26.4 Å². The van der Waals surface area contributed by atoms with E-state index in [-0.39, 0.29) is 0 Å². The van der Waals surface area contributed by atoms with Gasteiger partial charge in [-0.05, 0) is 51.0 Å². The molecule has 1 N–H and O–H groups in total. The third-order valence-electron chi connectivity index (χ3n) is 3.21. The van der Waals surface area contributed by atoms with Crippen molar-refractivity contribution in [1.82, 2.24) is 0 Å². The van der Waals surface area contributed by atoms with Gasteiger partial charge in [-0.1, -0.05) is 31.9 Å². The SMILES string of the molecule is C1CCOCC1.C1CCOCC1.CCCC/C=C/C=C/O. The van der Waals surface area contributed by atoms with Crippen LogP contribution in [0.3, 0.4) is 0 Å². The first-order chi connectivity index (χ1) is 10.4. The van der Waals surface area contributed by atoms with E-state index >= 15 is 0 Å². The molecule has 2 aliphatic rings. The Morgan fingerprint density at radius 2 is 1.33 bits per heavy atom. The molecule has 0 saturated carbocycles. The fourth-order valence-electron chi connectivity index (χ4n) is 1.92. The molecule has 0 bridgehead atoms. The summed E-state index contributed by atoms with van der Waals surface area (Å²) in [6.07, 6.45) is 18.0. The Kier molecular flexibility index (Phi) is 18.5. The van der Waals surface area contributed by atoms with Gasteiger partial charge in [0, 0.05) is 26.4 Å². The van der Waals surface area contributed by atoms with Crippen LogP contribution in [0.1, 0.15) is 64.7 Å². The first kappa shape index (κ1) is 20.2. The molecular formula is C18H34O3. The number of ether oxygens (including phenoxy) is 2. The van der Waals surface area contributed by atoms with E-state index in [1.807, 2.05) is 6.08 Å². The Hall–Kier alpha value is -0.800. The lowest BCUT2D eigenvalue weighted by Crippen LogP contribution is -2.03. The van der Waals surface area contributed by atoms with Crippen molar-refractivity contribution < 1.29 is 14.6 Å². The highest BCUT2D eigenvalue weighted by Gasteiger charge is 1.95. The molecule has 0 aromatic heterocycles. The molecule has 0 aromatic carbocycles. The molecule has 3 nitrogen and oxygen atoms in total. The van der Waals surface area contributed by atoms with E-state index in [0.717, 1.165) is 39.1 Å². The molecule has 2 aliphatic heterocycles. The first-order valence-electron chi connectivity index (χ1n) is 8.53. The molecule has 2 rings (SSSR count). The van der Waals surface area contributed by atoms with Crippen molar-refractivity contribution in [3.05, 3.63) is 24.5 Å². The number of hydrogen-bond donors (Lipinski definition) is 1. The van der Waals surface area contributed by atoms with Gasteiger partial charge in [0.1, 0.15) is 0 Å². The van der Waals surface area contributed by atoms with Gasteiger partial charge >= 0.3 is 0 Å². The van der Waals surface area contributed by atoms with Gasteiger partial charge in [-0.25, -0.2) is 0 Å². The summed E-state index contributed by atoms with van der Waals surface area (Å²) in [4.78, 5) is 0. The van der Waals surface area contributed by atoms with Crippen LogP contribution in [-0.2, 0) is 9.47 Å². The fourth-order valence-corrected chi connectivity index (χ4v) is 1.92. The van der Waals surface area contributed by atoms with E-state index in [2.05, 4.69) is 13.0 Å². The molecule has 0 aliphatic carbocycles. The van der Waals surface area contributed by atoms with Crippen LogP contribution >= 0.6 is 0 Å². The van der Waals surface area contributed by atoms with Gasteiger partial charge in [-0.3, -0.25) is 0 Å². The maximum Gasteiger partial charge on any atom is 0.0791 e. The maximum absolute atomic E-state index is 8.19. The molecular weight excluding hydrogens is 264 g/mol. The summed E-state index contributed by atoms with van der Waals surface area (Å²) >= 11 is 0. The van der Waals surface area contributed by atoms with Gasteiger partial charge in [0.05, 0.1) is 6.26 Å². The maximum atomic E-state index is 8.19. The summed E-state index contributed by atoms with van der Waals surface area (Å²) in [6.45, 7) is 6.16. The van der Waals surface area contributed by atoms with Crippen LogP contribution in [0.2, 0.25) is 0 Å². The summed E-state index contributed by atoms with van der Waals surface area (Å²) in [5, 5.41) is 8.19. The Bertz CT molecular complexity index is 194. The molecule has 0 atom stereocenters. The smallest absolute Gasteiger partial charge is 0.0791 e. The van der Waals surface area contributed by atoms with Gasteiger partial charge in [0.25, 0.3) is 0 Å². The number of aliphatic hydroxyl groups excluding tert-OH is 1. The second-order valence-corrected chi connectivity index (χ2v) is 5.26. The molecule has 124 valence electrons. The van der Waals surface area contributed by atoms with Gasteiger partial charge in [-0.2, -0.15) is 0 Å². The topological polar surface area (TPSA) is 38.7 Å². The molecule has 0 aromatic rings. The molecule has 0 spiro atoms. The van der Waals surface area contributed by atoms with Gasteiger partial charge in [0.2, 0.25) is 0 Å².